The number of nitrogens with one attached hydrogen (secondary N) is 1. The van der Waals surface area contributed by atoms with Gasteiger partial charge in [0, 0.05) is 20.0 Å². The minimum absolute atomic E-state index is 0.0215. The third-order valence-corrected chi connectivity index (χ3v) is 4.31. The van der Waals surface area contributed by atoms with Gasteiger partial charge in [0.15, 0.2) is 0 Å². The number of hydrogen-bond donors (Lipinski definition) is 2. The first-order valence-corrected chi connectivity index (χ1v) is 7.61. The van der Waals surface area contributed by atoms with E-state index in [1.54, 1.807) is 7.05 Å². The van der Waals surface area contributed by atoms with Crippen molar-refractivity contribution in [3.8, 4) is 0 Å². The average Bonchev–Trinajstić information content (AvgIpc) is 2.43. The summed E-state index contributed by atoms with van der Waals surface area (Å²) in [5, 5.41) is 11.7. The number of rotatable bonds is 7. The quantitative estimate of drug-likeness (QED) is 0.743. The van der Waals surface area contributed by atoms with Crippen LogP contribution in [0.3, 0.4) is 0 Å². The largest absolute Gasteiger partial charge is 0.481 e. The minimum atomic E-state index is -0.855. The number of likely N-dealkylation sites (N-methyl/N-ethyl adjacent to an activating group) is 1. The normalized spacial score (nSPS) is 17.0. The van der Waals surface area contributed by atoms with Gasteiger partial charge in [-0.1, -0.05) is 19.3 Å². The molecule has 1 fully saturated rings. The highest BCUT2D eigenvalue weighted by Crippen LogP contribution is 2.42. The van der Waals surface area contributed by atoms with Crippen LogP contribution in [0.5, 0.6) is 0 Å². The van der Waals surface area contributed by atoms with Crippen LogP contribution in [0.2, 0.25) is 0 Å². The molecule has 1 rings (SSSR count). The highest BCUT2D eigenvalue weighted by molar-refractivity contribution is 5.85. The van der Waals surface area contributed by atoms with Crippen molar-refractivity contribution < 1.29 is 19.5 Å². The Hall–Kier alpha value is -1.59. The summed E-state index contributed by atoms with van der Waals surface area (Å²) >= 11 is 0. The van der Waals surface area contributed by atoms with Gasteiger partial charge < -0.3 is 15.3 Å². The second-order valence-electron chi connectivity index (χ2n) is 5.99. The van der Waals surface area contributed by atoms with E-state index >= 15 is 0 Å². The molecule has 0 unspecified atom stereocenters. The third kappa shape index (κ3) is 5.73. The fraction of sp³-hybridized carbons (Fsp3) is 0.800. The standard InChI is InChI=1S/C15H26N2O4/c1-3-17(2)13(19)11-16-12(18)9-15(10-14(20)21)7-5-4-6-8-15/h3-11H2,1-2H3,(H,16,18)(H,20,21). The van der Waals surface area contributed by atoms with Crippen molar-refractivity contribution in [2.24, 2.45) is 5.41 Å². The fourth-order valence-electron chi connectivity index (χ4n) is 2.93. The van der Waals surface area contributed by atoms with E-state index in [-0.39, 0.29) is 31.2 Å². The SMILES string of the molecule is CCN(C)C(=O)CNC(=O)CC1(CC(=O)O)CCCCC1. The zero-order valence-electron chi connectivity index (χ0n) is 13.0. The van der Waals surface area contributed by atoms with Crippen molar-refractivity contribution in [2.45, 2.75) is 51.9 Å². The first-order valence-electron chi connectivity index (χ1n) is 7.61. The molecule has 6 heteroatoms. The lowest BCUT2D eigenvalue weighted by atomic mass is 9.69. The summed E-state index contributed by atoms with van der Waals surface area (Å²) in [5.74, 6) is -1.22. The Morgan fingerprint density at radius 3 is 2.29 bits per heavy atom. The van der Waals surface area contributed by atoms with E-state index in [1.165, 1.54) is 4.90 Å². The Bertz CT molecular complexity index is 389. The van der Waals surface area contributed by atoms with E-state index < -0.39 is 11.4 Å². The van der Waals surface area contributed by atoms with Crippen LogP contribution in [0.4, 0.5) is 0 Å². The van der Waals surface area contributed by atoms with E-state index in [0.29, 0.717) is 6.54 Å². The number of amides is 2. The molecule has 0 atom stereocenters. The summed E-state index contributed by atoms with van der Waals surface area (Å²) in [5.41, 5.74) is -0.437. The molecule has 0 saturated heterocycles. The Morgan fingerprint density at radius 1 is 1.14 bits per heavy atom. The van der Waals surface area contributed by atoms with Crippen LogP contribution in [0.15, 0.2) is 0 Å². The maximum absolute atomic E-state index is 12.0. The molecule has 1 aliphatic carbocycles. The van der Waals surface area contributed by atoms with Gasteiger partial charge in [-0.3, -0.25) is 14.4 Å². The van der Waals surface area contributed by atoms with Gasteiger partial charge in [-0.2, -0.15) is 0 Å². The molecule has 0 heterocycles. The monoisotopic (exact) mass is 298 g/mol. The predicted octanol–water partition coefficient (Wildman–Crippen LogP) is 1.40. The molecular formula is C15H26N2O4. The molecule has 2 amide bonds. The number of carboxylic acid groups (broad SMARTS) is 1. The Labute approximate surface area is 125 Å². The Kier molecular flexibility index (Phi) is 6.65. The van der Waals surface area contributed by atoms with Gasteiger partial charge in [0.1, 0.15) is 0 Å². The molecule has 1 saturated carbocycles. The van der Waals surface area contributed by atoms with Crippen LogP contribution < -0.4 is 5.32 Å². The number of carbonyl (C=O) groups is 3. The van der Waals surface area contributed by atoms with Crippen molar-refractivity contribution >= 4 is 17.8 Å². The number of aliphatic carboxylic acids is 1. The summed E-state index contributed by atoms with van der Waals surface area (Å²) in [6, 6.07) is 0. The molecule has 0 aromatic rings. The van der Waals surface area contributed by atoms with Crippen LogP contribution in [0, 0.1) is 5.41 Å². The fourth-order valence-corrected chi connectivity index (χ4v) is 2.93. The highest BCUT2D eigenvalue weighted by atomic mass is 16.4. The van der Waals surface area contributed by atoms with Crippen molar-refractivity contribution in [2.75, 3.05) is 20.1 Å². The second kappa shape index (κ2) is 8.00. The maximum Gasteiger partial charge on any atom is 0.303 e. The van der Waals surface area contributed by atoms with Crippen LogP contribution in [-0.4, -0.2) is 47.9 Å². The molecule has 0 aliphatic heterocycles. The lowest BCUT2D eigenvalue weighted by Crippen LogP contribution is -2.40. The van der Waals surface area contributed by atoms with Gasteiger partial charge in [-0.15, -0.1) is 0 Å². The summed E-state index contributed by atoms with van der Waals surface area (Å²) in [6.45, 7) is 2.44. The summed E-state index contributed by atoms with van der Waals surface area (Å²) in [6.07, 6.45) is 4.82. The first kappa shape index (κ1) is 17.5. The van der Waals surface area contributed by atoms with Crippen LogP contribution >= 0.6 is 0 Å². The lowest BCUT2D eigenvalue weighted by Gasteiger charge is -2.35. The molecule has 0 spiro atoms. The highest BCUT2D eigenvalue weighted by Gasteiger charge is 2.36. The molecule has 0 radical (unpaired) electrons. The predicted molar refractivity (Wildman–Crippen MR) is 78.7 cm³/mol. The van der Waals surface area contributed by atoms with E-state index in [9.17, 15) is 14.4 Å². The van der Waals surface area contributed by atoms with Gasteiger partial charge in [-0.05, 0) is 25.2 Å². The zero-order valence-corrected chi connectivity index (χ0v) is 13.0. The molecule has 21 heavy (non-hydrogen) atoms. The molecule has 0 aromatic heterocycles. The van der Waals surface area contributed by atoms with Gasteiger partial charge >= 0.3 is 5.97 Å². The van der Waals surface area contributed by atoms with E-state index in [1.807, 2.05) is 6.92 Å². The van der Waals surface area contributed by atoms with Crippen LogP contribution in [-0.2, 0) is 14.4 Å². The molecule has 6 nitrogen and oxygen atoms in total. The third-order valence-electron chi connectivity index (χ3n) is 4.31. The average molecular weight is 298 g/mol. The number of carboxylic acids is 1. The van der Waals surface area contributed by atoms with E-state index in [2.05, 4.69) is 5.32 Å². The zero-order chi connectivity index (χ0) is 15.9. The Balaban J connectivity index is 2.52. The van der Waals surface area contributed by atoms with E-state index in [0.717, 1.165) is 32.1 Å². The first-order chi connectivity index (χ1) is 9.88. The topological polar surface area (TPSA) is 86.7 Å². The van der Waals surface area contributed by atoms with Gasteiger partial charge in [0.25, 0.3) is 0 Å². The number of nitrogens with zero attached hydrogens (tertiary/aromatic N) is 1. The maximum atomic E-state index is 12.0. The summed E-state index contributed by atoms with van der Waals surface area (Å²) in [4.78, 5) is 36.3. The van der Waals surface area contributed by atoms with Crippen molar-refractivity contribution in [1.29, 1.82) is 0 Å². The lowest BCUT2D eigenvalue weighted by molar-refractivity contribution is -0.141. The molecule has 120 valence electrons. The van der Waals surface area contributed by atoms with Gasteiger partial charge in [0.2, 0.25) is 11.8 Å². The molecule has 1 aliphatic rings. The second-order valence-corrected chi connectivity index (χ2v) is 5.99. The van der Waals surface area contributed by atoms with Crippen molar-refractivity contribution in [3.05, 3.63) is 0 Å². The number of hydrogen-bond acceptors (Lipinski definition) is 3. The molecular weight excluding hydrogens is 272 g/mol. The van der Waals surface area contributed by atoms with Gasteiger partial charge in [-0.25, -0.2) is 0 Å². The van der Waals surface area contributed by atoms with E-state index in [4.69, 9.17) is 5.11 Å². The molecule has 0 aromatic carbocycles. The van der Waals surface area contributed by atoms with Crippen molar-refractivity contribution in [1.82, 2.24) is 10.2 Å². The molecule has 2 N–H and O–H groups in total. The van der Waals surface area contributed by atoms with Crippen LogP contribution in [0.25, 0.3) is 0 Å². The molecule has 0 bridgehead atoms. The minimum Gasteiger partial charge on any atom is -0.481 e. The smallest absolute Gasteiger partial charge is 0.303 e. The summed E-state index contributed by atoms with van der Waals surface area (Å²) < 4.78 is 0. The number of carbonyl (C=O) groups excluding carboxylic acids is 2. The Morgan fingerprint density at radius 2 is 1.76 bits per heavy atom. The van der Waals surface area contributed by atoms with Crippen LogP contribution in [0.1, 0.15) is 51.9 Å². The van der Waals surface area contributed by atoms with Gasteiger partial charge in [0.05, 0.1) is 13.0 Å². The summed E-state index contributed by atoms with van der Waals surface area (Å²) in [7, 11) is 1.68. The van der Waals surface area contributed by atoms with Crippen molar-refractivity contribution in [3.63, 3.8) is 0 Å².